The highest BCUT2D eigenvalue weighted by molar-refractivity contribution is 7.88. The van der Waals surface area contributed by atoms with Crippen LogP contribution in [0.5, 0.6) is 0 Å². The average molecular weight is 263 g/mol. The van der Waals surface area contributed by atoms with Crippen LogP contribution in [0.1, 0.15) is 13.8 Å². The van der Waals surface area contributed by atoms with Gasteiger partial charge in [0.15, 0.2) is 0 Å². The van der Waals surface area contributed by atoms with E-state index in [0.29, 0.717) is 6.04 Å². The number of benzene rings is 2. The molecule has 0 fully saturated rings. The second-order valence-corrected chi connectivity index (χ2v) is 5.97. The van der Waals surface area contributed by atoms with E-state index < -0.39 is 10.0 Å². The zero-order chi connectivity index (χ0) is 13.3. The highest BCUT2D eigenvalue weighted by Gasteiger charge is 2.10. The number of anilines is 1. The number of hydrogen-bond acceptors (Lipinski definition) is 3. The maximum absolute atomic E-state index is 11.2. The lowest BCUT2D eigenvalue weighted by molar-refractivity contribution is 0.596. The quantitative estimate of drug-likeness (QED) is 0.925. The van der Waals surface area contributed by atoms with Gasteiger partial charge in [0.25, 0.3) is 10.0 Å². The maximum Gasteiger partial charge on any atom is 0.254 e. The molecule has 0 aliphatic carbocycles. The summed E-state index contributed by atoms with van der Waals surface area (Å²) in [5, 5.41) is 12.2. The second kappa shape index (κ2) is 4.59. The molecule has 0 saturated carbocycles. The summed E-state index contributed by atoms with van der Waals surface area (Å²) in [6.45, 7) is 4.09. The van der Waals surface area contributed by atoms with E-state index >= 15 is 0 Å². The molecule has 0 atom stereocenters. The zero-order valence-electron chi connectivity index (χ0n) is 10.3. The van der Waals surface area contributed by atoms with Gasteiger partial charge in [-0.25, -0.2) is 8.42 Å². The van der Waals surface area contributed by atoms with Crippen molar-refractivity contribution in [2.45, 2.75) is 24.8 Å². The molecule has 0 aliphatic rings. The molecule has 95 valence electrons. The summed E-state index contributed by atoms with van der Waals surface area (Å²) in [7, 11) is -3.90. The molecular formula is C13H15N2O2S. The molecule has 2 aromatic rings. The van der Waals surface area contributed by atoms with Crippen molar-refractivity contribution in [1.29, 1.82) is 0 Å². The molecule has 0 aromatic heterocycles. The minimum Gasteiger partial charge on any atom is -0.382 e. The van der Waals surface area contributed by atoms with E-state index in [4.69, 9.17) is 5.14 Å². The van der Waals surface area contributed by atoms with Crippen molar-refractivity contribution >= 4 is 26.5 Å². The normalized spacial score (nSPS) is 12.0. The summed E-state index contributed by atoms with van der Waals surface area (Å²) in [6, 6.07) is 10.7. The Balaban J connectivity index is 2.60. The predicted octanol–water partition coefficient (Wildman–Crippen LogP) is 2.63. The lowest BCUT2D eigenvalue weighted by Gasteiger charge is -2.13. The number of fused-ring (bicyclic) bond motifs is 1. The molecule has 0 bridgehead atoms. The summed E-state index contributed by atoms with van der Waals surface area (Å²) in [4.78, 5) is 0.0247. The monoisotopic (exact) mass is 263 g/mol. The Labute approximate surface area is 107 Å². The van der Waals surface area contributed by atoms with Crippen molar-refractivity contribution in [3.63, 3.8) is 0 Å². The Hall–Kier alpha value is -1.59. The van der Waals surface area contributed by atoms with Gasteiger partial charge < -0.3 is 5.32 Å². The molecule has 1 radical (unpaired) electrons. The number of nitrogens with one attached hydrogen (secondary N) is 2. The van der Waals surface area contributed by atoms with Crippen molar-refractivity contribution in [3.8, 4) is 0 Å². The number of rotatable bonds is 3. The second-order valence-electron chi connectivity index (χ2n) is 4.49. The van der Waals surface area contributed by atoms with Gasteiger partial charge in [-0.1, -0.05) is 18.2 Å². The molecule has 5 heteroatoms. The van der Waals surface area contributed by atoms with Crippen molar-refractivity contribution in [2.75, 3.05) is 5.32 Å². The molecule has 4 nitrogen and oxygen atoms in total. The molecule has 2 N–H and O–H groups in total. The van der Waals surface area contributed by atoms with Gasteiger partial charge in [-0.2, -0.15) is 0 Å². The van der Waals surface area contributed by atoms with Gasteiger partial charge in [0, 0.05) is 17.1 Å². The van der Waals surface area contributed by atoms with Crippen LogP contribution < -0.4 is 10.5 Å². The van der Waals surface area contributed by atoms with Crippen LogP contribution in [-0.2, 0) is 10.0 Å². The van der Waals surface area contributed by atoms with Gasteiger partial charge in [-0.3, -0.25) is 0 Å². The topological polar surface area (TPSA) is 70.0 Å². The number of sulfonamides is 1. The molecule has 0 amide bonds. The van der Waals surface area contributed by atoms with E-state index in [2.05, 4.69) is 5.32 Å². The third-order valence-electron chi connectivity index (χ3n) is 2.61. The summed E-state index contributed by atoms with van der Waals surface area (Å²) < 4.78 is 22.4. The SMILES string of the molecule is CC(C)Nc1cccc2cc(S([NH])(=O)=O)ccc12. The van der Waals surface area contributed by atoms with Gasteiger partial charge in [0.1, 0.15) is 0 Å². The first-order valence-electron chi connectivity index (χ1n) is 5.67. The van der Waals surface area contributed by atoms with Crippen molar-refractivity contribution in [3.05, 3.63) is 36.4 Å². The van der Waals surface area contributed by atoms with Gasteiger partial charge in [0.2, 0.25) is 0 Å². The Kier molecular flexibility index (Phi) is 3.28. The Morgan fingerprint density at radius 1 is 1.17 bits per heavy atom. The van der Waals surface area contributed by atoms with Gasteiger partial charge in [0.05, 0.1) is 4.90 Å². The minimum atomic E-state index is -3.90. The van der Waals surface area contributed by atoms with Crippen LogP contribution in [-0.4, -0.2) is 14.5 Å². The third-order valence-corrected chi connectivity index (χ3v) is 3.48. The molecule has 0 spiro atoms. The smallest absolute Gasteiger partial charge is 0.254 e. The highest BCUT2D eigenvalue weighted by Crippen LogP contribution is 2.26. The van der Waals surface area contributed by atoms with E-state index in [1.54, 1.807) is 6.07 Å². The number of hydrogen-bond donors (Lipinski definition) is 1. The first-order valence-corrected chi connectivity index (χ1v) is 7.15. The van der Waals surface area contributed by atoms with E-state index in [-0.39, 0.29) is 4.90 Å². The van der Waals surface area contributed by atoms with Crippen molar-refractivity contribution in [1.82, 2.24) is 5.14 Å². The van der Waals surface area contributed by atoms with Crippen LogP contribution in [0.4, 0.5) is 5.69 Å². The minimum absolute atomic E-state index is 0.0247. The fourth-order valence-electron chi connectivity index (χ4n) is 1.87. The van der Waals surface area contributed by atoms with Gasteiger partial charge >= 0.3 is 0 Å². The summed E-state index contributed by atoms with van der Waals surface area (Å²) in [5.41, 5.74) is 0.969. The maximum atomic E-state index is 11.2. The molecule has 0 heterocycles. The molecule has 2 aromatic carbocycles. The van der Waals surface area contributed by atoms with Crippen molar-refractivity contribution < 1.29 is 8.42 Å². The lowest BCUT2D eigenvalue weighted by Crippen LogP contribution is -2.09. The standard InChI is InChI=1S/C13H15N2O2S/c1-9(2)15-13-5-3-4-10-8-11(18(14,16)17)6-7-12(10)13/h3-9,14-15H,1-2H3. The Morgan fingerprint density at radius 2 is 1.89 bits per heavy atom. The lowest BCUT2D eigenvalue weighted by atomic mass is 10.1. The molecule has 0 saturated heterocycles. The van der Waals surface area contributed by atoms with E-state index in [9.17, 15) is 8.42 Å². The van der Waals surface area contributed by atoms with Crippen LogP contribution >= 0.6 is 0 Å². The first kappa shape index (κ1) is 12.9. The molecule has 2 rings (SSSR count). The fourth-order valence-corrected chi connectivity index (χ4v) is 2.40. The molecule has 0 unspecified atom stereocenters. The average Bonchev–Trinajstić information content (AvgIpc) is 2.27. The van der Waals surface area contributed by atoms with Crippen LogP contribution in [0.15, 0.2) is 41.3 Å². The van der Waals surface area contributed by atoms with E-state index in [1.807, 2.05) is 32.0 Å². The van der Waals surface area contributed by atoms with E-state index in [0.717, 1.165) is 16.5 Å². The van der Waals surface area contributed by atoms with Crippen LogP contribution in [0, 0.1) is 0 Å². The molecule has 0 aliphatic heterocycles. The van der Waals surface area contributed by atoms with Gasteiger partial charge in [-0.05, 0) is 37.4 Å². The predicted molar refractivity (Wildman–Crippen MR) is 73.0 cm³/mol. The van der Waals surface area contributed by atoms with E-state index in [1.165, 1.54) is 12.1 Å². The fraction of sp³-hybridized carbons (Fsp3) is 0.231. The summed E-state index contributed by atoms with van der Waals surface area (Å²) >= 11 is 0. The van der Waals surface area contributed by atoms with Crippen LogP contribution in [0.2, 0.25) is 0 Å². The Morgan fingerprint density at radius 3 is 2.50 bits per heavy atom. The summed E-state index contributed by atoms with van der Waals surface area (Å²) in [5.74, 6) is 0. The van der Waals surface area contributed by atoms with Crippen LogP contribution in [0.3, 0.4) is 0 Å². The molecular weight excluding hydrogens is 248 g/mol. The molecule has 18 heavy (non-hydrogen) atoms. The highest BCUT2D eigenvalue weighted by atomic mass is 32.2. The van der Waals surface area contributed by atoms with Crippen LogP contribution in [0.25, 0.3) is 10.8 Å². The summed E-state index contributed by atoms with van der Waals surface area (Å²) in [6.07, 6.45) is 0. The zero-order valence-corrected chi connectivity index (χ0v) is 11.1. The van der Waals surface area contributed by atoms with Gasteiger partial charge in [-0.15, -0.1) is 5.14 Å². The first-order chi connectivity index (χ1) is 8.38. The Bertz CT molecular complexity index is 678. The largest absolute Gasteiger partial charge is 0.382 e. The third kappa shape index (κ3) is 2.63. The van der Waals surface area contributed by atoms with Crippen molar-refractivity contribution in [2.24, 2.45) is 0 Å².